The molecule has 2 aromatic carbocycles. The first-order chi connectivity index (χ1) is 12.1. The minimum absolute atomic E-state index is 0.105. The van der Waals surface area contributed by atoms with E-state index in [1.54, 1.807) is 23.5 Å². The second-order valence-electron chi connectivity index (χ2n) is 5.65. The van der Waals surface area contributed by atoms with E-state index in [1.807, 2.05) is 32.3 Å². The lowest BCUT2D eigenvalue weighted by molar-refractivity contribution is 1.08. The van der Waals surface area contributed by atoms with E-state index in [0.29, 0.717) is 6.54 Å². The maximum absolute atomic E-state index is 8.74. The highest BCUT2D eigenvalue weighted by Gasteiger charge is 2.08. The SMILES string of the molecule is CN(C)c1ccc(-c2nc3ccc(CN=C(C#N)C#N)cc3s2)cc1. The van der Waals surface area contributed by atoms with Crippen molar-refractivity contribution in [2.45, 2.75) is 6.54 Å². The molecule has 0 saturated heterocycles. The molecule has 1 heterocycles. The summed E-state index contributed by atoms with van der Waals surface area (Å²) in [5, 5.41) is 18.5. The molecule has 6 heteroatoms. The van der Waals surface area contributed by atoms with Crippen LogP contribution in [0.1, 0.15) is 5.56 Å². The van der Waals surface area contributed by atoms with E-state index in [-0.39, 0.29) is 5.71 Å². The molecule has 0 unspecified atom stereocenters. The molecule has 0 bridgehead atoms. The predicted molar refractivity (Wildman–Crippen MR) is 102 cm³/mol. The number of aromatic nitrogens is 1. The lowest BCUT2D eigenvalue weighted by Crippen LogP contribution is -2.07. The molecule has 0 radical (unpaired) electrons. The summed E-state index contributed by atoms with van der Waals surface area (Å²) in [7, 11) is 4.03. The molecule has 0 atom stereocenters. The quantitative estimate of drug-likeness (QED) is 0.669. The van der Waals surface area contributed by atoms with Crippen molar-refractivity contribution >= 4 is 33.0 Å². The molecule has 122 valence electrons. The Balaban J connectivity index is 1.89. The lowest BCUT2D eigenvalue weighted by atomic mass is 10.2. The Morgan fingerprint density at radius 1 is 1.12 bits per heavy atom. The van der Waals surface area contributed by atoms with Gasteiger partial charge in [-0.25, -0.2) is 4.98 Å². The molecule has 0 spiro atoms. The van der Waals surface area contributed by atoms with E-state index in [1.165, 1.54) is 0 Å². The van der Waals surface area contributed by atoms with Crippen molar-refractivity contribution in [1.29, 1.82) is 10.5 Å². The number of rotatable bonds is 4. The van der Waals surface area contributed by atoms with Crippen LogP contribution in [0.25, 0.3) is 20.8 Å². The third-order valence-corrected chi connectivity index (χ3v) is 4.78. The van der Waals surface area contributed by atoms with Crippen LogP contribution in [0.3, 0.4) is 0 Å². The van der Waals surface area contributed by atoms with Gasteiger partial charge in [0.1, 0.15) is 17.1 Å². The van der Waals surface area contributed by atoms with Gasteiger partial charge in [-0.2, -0.15) is 10.5 Å². The van der Waals surface area contributed by atoms with Gasteiger partial charge in [-0.3, -0.25) is 4.99 Å². The summed E-state index contributed by atoms with van der Waals surface area (Å²) in [5.41, 5.74) is 4.02. The maximum Gasteiger partial charge on any atom is 0.213 e. The monoisotopic (exact) mass is 345 g/mol. The summed E-state index contributed by atoms with van der Waals surface area (Å²) in [6.07, 6.45) is 0. The normalized spacial score (nSPS) is 10.1. The summed E-state index contributed by atoms with van der Waals surface area (Å²) < 4.78 is 1.06. The van der Waals surface area contributed by atoms with Crippen molar-refractivity contribution in [2.24, 2.45) is 4.99 Å². The molecule has 25 heavy (non-hydrogen) atoms. The second kappa shape index (κ2) is 7.12. The summed E-state index contributed by atoms with van der Waals surface area (Å²) in [4.78, 5) is 10.8. The Morgan fingerprint density at radius 2 is 1.84 bits per heavy atom. The Bertz CT molecular complexity index is 1000. The van der Waals surface area contributed by atoms with Crippen LogP contribution in [0.5, 0.6) is 0 Å². The zero-order valence-electron chi connectivity index (χ0n) is 13.9. The van der Waals surface area contributed by atoms with Crippen LogP contribution in [0.2, 0.25) is 0 Å². The van der Waals surface area contributed by atoms with Gasteiger partial charge in [-0.05, 0) is 42.0 Å². The van der Waals surface area contributed by atoms with Crippen LogP contribution in [0.4, 0.5) is 5.69 Å². The number of benzene rings is 2. The fraction of sp³-hybridized carbons (Fsp3) is 0.158. The van der Waals surface area contributed by atoms with Gasteiger partial charge < -0.3 is 4.90 Å². The molecule has 1 aromatic heterocycles. The summed E-state index contributed by atoms with van der Waals surface area (Å²) in [5.74, 6) is 0. The molecule has 3 rings (SSSR count). The first-order valence-electron chi connectivity index (χ1n) is 7.62. The van der Waals surface area contributed by atoms with E-state index < -0.39 is 0 Å². The summed E-state index contributed by atoms with van der Waals surface area (Å²) in [6, 6.07) is 17.7. The molecule has 0 fully saturated rings. The number of anilines is 1. The van der Waals surface area contributed by atoms with E-state index in [2.05, 4.69) is 34.2 Å². The van der Waals surface area contributed by atoms with Crippen molar-refractivity contribution in [3.05, 3.63) is 48.0 Å². The Kier molecular flexibility index (Phi) is 4.74. The molecule has 3 aromatic rings. The highest BCUT2D eigenvalue weighted by molar-refractivity contribution is 7.21. The highest BCUT2D eigenvalue weighted by atomic mass is 32.1. The van der Waals surface area contributed by atoms with Gasteiger partial charge in [0.15, 0.2) is 0 Å². The molecule has 0 saturated carbocycles. The molecular formula is C19H15N5S. The van der Waals surface area contributed by atoms with E-state index in [9.17, 15) is 0 Å². The van der Waals surface area contributed by atoms with Crippen molar-refractivity contribution in [3.8, 4) is 22.7 Å². The molecule has 0 aliphatic rings. The van der Waals surface area contributed by atoms with Crippen LogP contribution >= 0.6 is 11.3 Å². The topological polar surface area (TPSA) is 76.1 Å². The Morgan fingerprint density at radius 3 is 2.48 bits per heavy atom. The number of nitriles is 2. The lowest BCUT2D eigenvalue weighted by Gasteiger charge is -2.11. The smallest absolute Gasteiger partial charge is 0.213 e. The largest absolute Gasteiger partial charge is 0.378 e. The van der Waals surface area contributed by atoms with E-state index in [0.717, 1.165) is 32.0 Å². The van der Waals surface area contributed by atoms with Gasteiger partial charge >= 0.3 is 0 Å². The molecular weight excluding hydrogens is 330 g/mol. The molecule has 5 nitrogen and oxygen atoms in total. The fourth-order valence-electron chi connectivity index (χ4n) is 2.36. The summed E-state index contributed by atoms with van der Waals surface area (Å²) in [6.45, 7) is 0.317. The third-order valence-electron chi connectivity index (χ3n) is 3.72. The number of nitrogens with zero attached hydrogens (tertiary/aromatic N) is 5. The van der Waals surface area contributed by atoms with Gasteiger partial charge in [-0.1, -0.05) is 6.07 Å². The molecule has 0 N–H and O–H groups in total. The number of hydrogen-bond acceptors (Lipinski definition) is 6. The Hall–Kier alpha value is -3.22. The van der Waals surface area contributed by atoms with Crippen LogP contribution in [-0.2, 0) is 6.54 Å². The zero-order chi connectivity index (χ0) is 17.8. The molecule has 0 aliphatic heterocycles. The first-order valence-corrected chi connectivity index (χ1v) is 8.44. The van der Waals surface area contributed by atoms with Crippen LogP contribution in [0.15, 0.2) is 47.5 Å². The van der Waals surface area contributed by atoms with Crippen molar-refractivity contribution < 1.29 is 0 Å². The Labute approximate surface area is 150 Å². The molecule has 0 aliphatic carbocycles. The number of thiazole rings is 1. The average Bonchev–Trinajstić information content (AvgIpc) is 3.06. The zero-order valence-corrected chi connectivity index (χ0v) is 14.7. The van der Waals surface area contributed by atoms with Gasteiger partial charge in [0.2, 0.25) is 5.71 Å². The van der Waals surface area contributed by atoms with Gasteiger partial charge in [0, 0.05) is 25.3 Å². The maximum atomic E-state index is 8.74. The number of fused-ring (bicyclic) bond motifs is 1. The second-order valence-corrected chi connectivity index (χ2v) is 6.68. The predicted octanol–water partition coefficient (Wildman–Crippen LogP) is 4.02. The fourth-order valence-corrected chi connectivity index (χ4v) is 3.39. The standard InChI is InChI=1S/C19H15N5S/c1-24(2)16-6-4-14(5-7-16)19-23-17-8-3-13(9-18(17)25-19)12-22-15(10-20)11-21/h3-9H,12H2,1-2H3. The number of aliphatic imine (C=N–C) groups is 1. The summed E-state index contributed by atoms with van der Waals surface area (Å²) >= 11 is 1.62. The molecule has 0 amide bonds. The highest BCUT2D eigenvalue weighted by Crippen LogP contribution is 2.31. The minimum atomic E-state index is -0.105. The first kappa shape index (κ1) is 16.6. The van der Waals surface area contributed by atoms with Crippen molar-refractivity contribution in [2.75, 3.05) is 19.0 Å². The van der Waals surface area contributed by atoms with E-state index in [4.69, 9.17) is 15.5 Å². The van der Waals surface area contributed by atoms with Gasteiger partial charge in [-0.15, -0.1) is 11.3 Å². The van der Waals surface area contributed by atoms with Crippen molar-refractivity contribution in [1.82, 2.24) is 4.98 Å². The van der Waals surface area contributed by atoms with Gasteiger partial charge in [0.05, 0.1) is 16.8 Å². The third kappa shape index (κ3) is 3.65. The van der Waals surface area contributed by atoms with Gasteiger partial charge in [0.25, 0.3) is 0 Å². The van der Waals surface area contributed by atoms with Crippen LogP contribution < -0.4 is 4.90 Å². The van der Waals surface area contributed by atoms with E-state index >= 15 is 0 Å². The van der Waals surface area contributed by atoms with Crippen molar-refractivity contribution in [3.63, 3.8) is 0 Å². The minimum Gasteiger partial charge on any atom is -0.378 e. The average molecular weight is 345 g/mol. The van der Waals surface area contributed by atoms with Crippen LogP contribution in [-0.4, -0.2) is 24.8 Å². The number of hydrogen-bond donors (Lipinski definition) is 0. The van der Waals surface area contributed by atoms with Crippen LogP contribution in [0, 0.1) is 22.7 Å².